The lowest BCUT2D eigenvalue weighted by molar-refractivity contribution is 0.113. The van der Waals surface area contributed by atoms with Crippen LogP contribution in [0.5, 0.6) is 0 Å². The van der Waals surface area contributed by atoms with Gasteiger partial charge in [-0.05, 0) is 39.0 Å². The zero-order valence-corrected chi connectivity index (χ0v) is 14.9. The fourth-order valence-corrected chi connectivity index (χ4v) is 4.73. The second-order valence-corrected chi connectivity index (χ2v) is 7.63. The van der Waals surface area contributed by atoms with Gasteiger partial charge < -0.3 is 0 Å². The molecule has 0 amide bonds. The van der Waals surface area contributed by atoms with Crippen molar-refractivity contribution in [2.24, 2.45) is 0 Å². The van der Waals surface area contributed by atoms with Gasteiger partial charge in [-0.3, -0.25) is 9.05 Å². The molecule has 0 spiro atoms. The first-order chi connectivity index (χ1) is 10.9. The van der Waals surface area contributed by atoms with Crippen LogP contribution >= 0.6 is 7.75 Å². The van der Waals surface area contributed by atoms with Crippen LogP contribution in [0, 0.1) is 11.3 Å². The van der Waals surface area contributed by atoms with Gasteiger partial charge in [-0.1, -0.05) is 43.3 Å². The average Bonchev–Trinajstić information content (AvgIpc) is 2.79. The Balaban J connectivity index is 2.32. The molecule has 1 aliphatic heterocycles. The monoisotopic (exact) mass is 334 g/mol. The van der Waals surface area contributed by atoms with Crippen molar-refractivity contribution < 1.29 is 13.6 Å². The molecule has 0 N–H and O–H groups in total. The molecule has 0 aliphatic carbocycles. The van der Waals surface area contributed by atoms with Crippen molar-refractivity contribution in [1.29, 1.82) is 5.26 Å². The summed E-state index contributed by atoms with van der Waals surface area (Å²) in [6, 6.07) is 11.6. The SMILES string of the molecule is C/C=C/[C@@](C#N)(CC)O[P@@]1(=O)O[C@@H](c2ccccc2)[C@H](C)N1C. The molecule has 1 aromatic rings. The van der Waals surface area contributed by atoms with E-state index in [4.69, 9.17) is 9.05 Å². The quantitative estimate of drug-likeness (QED) is 0.588. The van der Waals surface area contributed by atoms with E-state index in [1.165, 1.54) is 0 Å². The summed E-state index contributed by atoms with van der Waals surface area (Å²) < 4.78 is 26.5. The topological polar surface area (TPSA) is 62.6 Å². The smallest absolute Gasteiger partial charge is 0.287 e. The summed E-state index contributed by atoms with van der Waals surface area (Å²) in [6.07, 6.45) is 3.39. The number of nitrogens with zero attached hydrogens (tertiary/aromatic N) is 2. The van der Waals surface area contributed by atoms with Gasteiger partial charge in [0.1, 0.15) is 12.2 Å². The Labute approximate surface area is 138 Å². The van der Waals surface area contributed by atoms with Crippen LogP contribution in [0.3, 0.4) is 0 Å². The molecule has 23 heavy (non-hydrogen) atoms. The predicted octanol–water partition coefficient (Wildman–Crippen LogP) is 4.45. The van der Waals surface area contributed by atoms with Crippen molar-refractivity contribution in [2.75, 3.05) is 7.05 Å². The van der Waals surface area contributed by atoms with E-state index in [0.717, 1.165) is 5.56 Å². The van der Waals surface area contributed by atoms with E-state index in [0.29, 0.717) is 6.42 Å². The minimum atomic E-state index is -3.56. The lowest BCUT2D eigenvalue weighted by Crippen LogP contribution is -2.30. The second kappa shape index (κ2) is 6.98. The number of nitriles is 1. The molecule has 6 heteroatoms. The number of benzene rings is 1. The molecular weight excluding hydrogens is 311 g/mol. The number of likely N-dealkylation sites (N-methyl/N-ethyl adjacent to an activating group) is 1. The Bertz CT molecular complexity index is 656. The van der Waals surface area contributed by atoms with Gasteiger partial charge in [0.05, 0.1) is 0 Å². The maximum absolute atomic E-state index is 13.2. The molecule has 0 bridgehead atoms. The van der Waals surface area contributed by atoms with Gasteiger partial charge in [0, 0.05) is 6.04 Å². The summed E-state index contributed by atoms with van der Waals surface area (Å²) in [7, 11) is -1.85. The highest BCUT2D eigenvalue weighted by molar-refractivity contribution is 7.51. The molecule has 2 rings (SSSR count). The van der Waals surface area contributed by atoms with E-state index in [1.54, 1.807) is 30.8 Å². The number of rotatable bonds is 5. The number of hydrogen-bond donors (Lipinski definition) is 0. The molecule has 124 valence electrons. The molecule has 0 unspecified atom stereocenters. The largest absolute Gasteiger partial charge is 0.410 e. The molecule has 5 nitrogen and oxygen atoms in total. The first-order valence-electron chi connectivity index (χ1n) is 7.74. The van der Waals surface area contributed by atoms with Gasteiger partial charge >= 0.3 is 7.75 Å². The van der Waals surface area contributed by atoms with Crippen molar-refractivity contribution in [3.05, 3.63) is 48.0 Å². The summed E-state index contributed by atoms with van der Waals surface area (Å²) in [5, 5.41) is 9.50. The second-order valence-electron chi connectivity index (χ2n) is 5.67. The Morgan fingerprint density at radius 3 is 2.65 bits per heavy atom. The van der Waals surface area contributed by atoms with Crippen LogP contribution in [-0.4, -0.2) is 23.4 Å². The summed E-state index contributed by atoms with van der Waals surface area (Å²) in [4.78, 5) is 0. The molecule has 4 atom stereocenters. The molecule has 1 fully saturated rings. The Hall–Kier alpha value is -1.44. The fourth-order valence-electron chi connectivity index (χ4n) is 2.62. The van der Waals surface area contributed by atoms with Crippen LogP contribution in [0.2, 0.25) is 0 Å². The number of hydrogen-bond acceptors (Lipinski definition) is 4. The zero-order valence-electron chi connectivity index (χ0n) is 14.0. The normalized spacial score (nSPS) is 31.1. The molecule has 1 aromatic carbocycles. The van der Waals surface area contributed by atoms with E-state index < -0.39 is 13.3 Å². The minimum Gasteiger partial charge on any atom is -0.287 e. The van der Waals surface area contributed by atoms with Gasteiger partial charge in [0.15, 0.2) is 5.60 Å². The van der Waals surface area contributed by atoms with E-state index in [1.807, 2.05) is 44.2 Å². The van der Waals surface area contributed by atoms with Crippen molar-refractivity contribution >= 4 is 7.75 Å². The van der Waals surface area contributed by atoms with Crippen LogP contribution < -0.4 is 0 Å². The van der Waals surface area contributed by atoms with E-state index in [-0.39, 0.29) is 12.1 Å². The maximum Gasteiger partial charge on any atom is 0.410 e. The van der Waals surface area contributed by atoms with Crippen LogP contribution in [0.25, 0.3) is 0 Å². The van der Waals surface area contributed by atoms with Gasteiger partial charge in [-0.2, -0.15) is 5.26 Å². The summed E-state index contributed by atoms with van der Waals surface area (Å²) >= 11 is 0. The van der Waals surface area contributed by atoms with Crippen molar-refractivity contribution in [1.82, 2.24) is 4.67 Å². The lowest BCUT2D eigenvalue weighted by Gasteiger charge is -2.28. The Morgan fingerprint density at radius 2 is 2.13 bits per heavy atom. The highest BCUT2D eigenvalue weighted by Crippen LogP contribution is 2.64. The third-order valence-electron chi connectivity index (χ3n) is 4.22. The third-order valence-corrected chi connectivity index (χ3v) is 6.40. The highest BCUT2D eigenvalue weighted by Gasteiger charge is 2.51. The first kappa shape index (κ1) is 17.9. The van der Waals surface area contributed by atoms with E-state index in [9.17, 15) is 9.83 Å². The fraction of sp³-hybridized carbons (Fsp3) is 0.471. The maximum atomic E-state index is 13.2. The van der Waals surface area contributed by atoms with Crippen LogP contribution in [0.1, 0.15) is 38.9 Å². The van der Waals surface area contributed by atoms with Crippen molar-refractivity contribution in [3.8, 4) is 6.07 Å². The molecule has 1 heterocycles. The van der Waals surface area contributed by atoms with Crippen LogP contribution in [-0.2, 0) is 13.6 Å². The van der Waals surface area contributed by atoms with Crippen LogP contribution in [0.15, 0.2) is 42.5 Å². The van der Waals surface area contributed by atoms with Crippen molar-refractivity contribution in [3.63, 3.8) is 0 Å². The third kappa shape index (κ3) is 3.41. The molecule has 0 saturated carbocycles. The summed E-state index contributed by atoms with van der Waals surface area (Å²) in [5.41, 5.74) is -0.303. The molecule has 1 saturated heterocycles. The number of allylic oxidation sites excluding steroid dienone is 1. The molecule has 0 radical (unpaired) electrons. The summed E-state index contributed by atoms with van der Waals surface area (Å²) in [6.45, 7) is 5.57. The van der Waals surface area contributed by atoms with Gasteiger partial charge in [0.25, 0.3) is 0 Å². The average molecular weight is 334 g/mol. The lowest BCUT2D eigenvalue weighted by atomic mass is 10.0. The van der Waals surface area contributed by atoms with Gasteiger partial charge in [-0.25, -0.2) is 9.24 Å². The zero-order chi connectivity index (χ0) is 17.1. The predicted molar refractivity (Wildman–Crippen MR) is 89.6 cm³/mol. The Morgan fingerprint density at radius 1 is 1.48 bits per heavy atom. The molecule has 0 aromatic heterocycles. The molecular formula is C17H23N2O3P. The Kier molecular flexibility index (Phi) is 5.44. The standard InChI is InChI=1S/C17H23N2O3P/c1-5-12-17(6-2,13-18)22-23(20)19(4)14(3)16(21-23)15-10-8-7-9-11-15/h5,7-12,14,16H,6H2,1-4H3/b12-5+/t14-,16+,17+,23-/m0/s1. The van der Waals surface area contributed by atoms with Gasteiger partial charge in [-0.15, -0.1) is 0 Å². The summed E-state index contributed by atoms with van der Waals surface area (Å²) in [5.74, 6) is 0. The van der Waals surface area contributed by atoms with E-state index >= 15 is 0 Å². The van der Waals surface area contributed by atoms with Crippen LogP contribution in [0.4, 0.5) is 0 Å². The first-order valence-corrected chi connectivity index (χ1v) is 9.23. The van der Waals surface area contributed by atoms with Crippen molar-refractivity contribution in [2.45, 2.75) is 44.9 Å². The highest BCUT2D eigenvalue weighted by atomic mass is 31.2. The van der Waals surface area contributed by atoms with E-state index in [2.05, 4.69) is 6.07 Å². The van der Waals surface area contributed by atoms with Gasteiger partial charge in [0.2, 0.25) is 0 Å². The minimum absolute atomic E-state index is 0.123. The molecule has 1 aliphatic rings.